The number of likely N-dealkylation sites (N-methyl/N-ethyl adjacent to an activating group) is 1. The molecule has 150 valence electrons. The maximum Gasteiger partial charge on any atom is 0.242 e. The molecule has 0 spiro atoms. The largest absolute Gasteiger partial charge is 0.496 e. The molecule has 1 aliphatic heterocycles. The smallest absolute Gasteiger partial charge is 0.242 e. The second-order valence-corrected chi connectivity index (χ2v) is 6.69. The average molecular weight is 380 g/mol. The normalized spacial score (nSPS) is 16.6. The zero-order valence-electron chi connectivity index (χ0n) is 16.3. The lowest BCUT2D eigenvalue weighted by Gasteiger charge is -2.34. The van der Waals surface area contributed by atoms with Gasteiger partial charge in [-0.1, -0.05) is 0 Å². The zero-order valence-corrected chi connectivity index (χ0v) is 16.3. The average Bonchev–Trinajstić information content (AvgIpc) is 2.63. The number of ether oxygens (including phenoxy) is 1. The fourth-order valence-corrected chi connectivity index (χ4v) is 3.10. The summed E-state index contributed by atoms with van der Waals surface area (Å²) in [5.41, 5.74) is 0.819. The van der Waals surface area contributed by atoms with Crippen molar-refractivity contribution in [1.29, 1.82) is 0 Å². The number of methoxy groups -OCH3 is 1. The third-order valence-electron chi connectivity index (χ3n) is 4.59. The van der Waals surface area contributed by atoms with E-state index >= 15 is 0 Å². The van der Waals surface area contributed by atoms with Crippen LogP contribution in [0.25, 0.3) is 0 Å². The maximum atomic E-state index is 13.5. The van der Waals surface area contributed by atoms with E-state index in [2.05, 4.69) is 20.4 Å². The van der Waals surface area contributed by atoms with Gasteiger partial charge < -0.3 is 15.4 Å². The Morgan fingerprint density at radius 3 is 2.52 bits per heavy atom. The van der Waals surface area contributed by atoms with Gasteiger partial charge in [-0.15, -0.1) is 0 Å². The minimum Gasteiger partial charge on any atom is -0.496 e. The van der Waals surface area contributed by atoms with Gasteiger partial charge in [-0.05, 0) is 32.0 Å². The van der Waals surface area contributed by atoms with Crippen LogP contribution in [0.5, 0.6) is 5.75 Å². The van der Waals surface area contributed by atoms with Gasteiger partial charge in [0.2, 0.25) is 11.8 Å². The number of rotatable bonds is 8. The lowest BCUT2D eigenvalue weighted by atomic mass is 10.1. The van der Waals surface area contributed by atoms with Crippen LogP contribution in [0.1, 0.15) is 19.4 Å². The standard InChI is InChI=1S/C19H29FN4O3/c1-4-21-19(26)14(2)22-18(25)13-24-9-7-23(8-10-24)12-15-11-16(20)5-6-17(15)27-3/h5-6,11,14H,4,7-10,12-13H2,1-3H3,(H,21,26)(H,22,25)/t14-/m1/s1. The number of benzene rings is 1. The van der Waals surface area contributed by atoms with E-state index in [4.69, 9.17) is 4.74 Å². The van der Waals surface area contributed by atoms with Crippen LogP contribution >= 0.6 is 0 Å². The van der Waals surface area contributed by atoms with Crippen molar-refractivity contribution in [3.63, 3.8) is 0 Å². The SMILES string of the molecule is CCNC(=O)[C@@H](C)NC(=O)CN1CCN(Cc2cc(F)ccc2OC)CC1. The summed E-state index contributed by atoms with van der Waals surface area (Å²) in [5, 5.41) is 5.41. The highest BCUT2D eigenvalue weighted by Gasteiger charge is 2.22. The van der Waals surface area contributed by atoms with E-state index in [-0.39, 0.29) is 24.2 Å². The molecule has 0 saturated carbocycles. The quantitative estimate of drug-likeness (QED) is 0.691. The molecule has 0 radical (unpaired) electrons. The van der Waals surface area contributed by atoms with Crippen LogP contribution in [0.2, 0.25) is 0 Å². The molecule has 2 rings (SSSR count). The molecule has 1 aromatic rings. The maximum absolute atomic E-state index is 13.5. The van der Waals surface area contributed by atoms with Gasteiger partial charge in [0.05, 0.1) is 13.7 Å². The van der Waals surface area contributed by atoms with Gasteiger partial charge in [-0.2, -0.15) is 0 Å². The summed E-state index contributed by atoms with van der Waals surface area (Å²) in [6, 6.07) is 3.99. The van der Waals surface area contributed by atoms with E-state index in [0.717, 1.165) is 31.7 Å². The predicted octanol–water partition coefficient (Wildman–Crippen LogP) is 0.593. The number of amides is 2. The van der Waals surface area contributed by atoms with Crippen LogP contribution in [0.4, 0.5) is 4.39 Å². The Balaban J connectivity index is 1.78. The van der Waals surface area contributed by atoms with Crippen LogP contribution in [0, 0.1) is 5.82 Å². The molecule has 2 amide bonds. The summed E-state index contributed by atoms with van der Waals surface area (Å²) in [7, 11) is 1.58. The molecular formula is C19H29FN4O3. The van der Waals surface area contributed by atoms with Crippen molar-refractivity contribution >= 4 is 11.8 Å². The molecule has 1 saturated heterocycles. The number of halogens is 1. The molecule has 1 fully saturated rings. The minimum atomic E-state index is -0.542. The molecule has 0 bridgehead atoms. The third kappa shape index (κ3) is 6.48. The monoisotopic (exact) mass is 380 g/mol. The second-order valence-electron chi connectivity index (χ2n) is 6.69. The number of hydrogen-bond donors (Lipinski definition) is 2. The van der Waals surface area contributed by atoms with Gasteiger partial charge >= 0.3 is 0 Å². The molecule has 2 N–H and O–H groups in total. The number of nitrogens with one attached hydrogen (secondary N) is 2. The molecule has 1 aromatic carbocycles. The van der Waals surface area contributed by atoms with E-state index in [9.17, 15) is 14.0 Å². The summed E-state index contributed by atoms with van der Waals surface area (Å²) < 4.78 is 18.8. The highest BCUT2D eigenvalue weighted by atomic mass is 19.1. The first kappa shape index (κ1) is 21.1. The number of nitrogens with zero attached hydrogens (tertiary/aromatic N) is 2. The van der Waals surface area contributed by atoms with E-state index in [0.29, 0.717) is 18.8 Å². The fourth-order valence-electron chi connectivity index (χ4n) is 3.10. The Hall–Kier alpha value is -2.19. The summed E-state index contributed by atoms with van der Waals surface area (Å²) in [5.74, 6) is 0.0635. The first-order valence-corrected chi connectivity index (χ1v) is 9.27. The summed E-state index contributed by atoms with van der Waals surface area (Å²) >= 11 is 0. The van der Waals surface area contributed by atoms with Crippen molar-refractivity contribution in [2.24, 2.45) is 0 Å². The van der Waals surface area contributed by atoms with Crippen molar-refractivity contribution in [3.05, 3.63) is 29.6 Å². The van der Waals surface area contributed by atoms with Gasteiger partial charge in [0, 0.05) is 44.8 Å². The van der Waals surface area contributed by atoms with Crippen LogP contribution in [0.15, 0.2) is 18.2 Å². The van der Waals surface area contributed by atoms with Crippen molar-refractivity contribution in [2.45, 2.75) is 26.4 Å². The summed E-state index contributed by atoms with van der Waals surface area (Å²) in [4.78, 5) is 28.1. The molecule has 7 nitrogen and oxygen atoms in total. The van der Waals surface area contributed by atoms with Crippen LogP contribution in [0.3, 0.4) is 0 Å². The summed E-state index contributed by atoms with van der Waals surface area (Å²) in [6.07, 6.45) is 0. The van der Waals surface area contributed by atoms with Crippen LogP contribution < -0.4 is 15.4 Å². The molecule has 0 unspecified atom stereocenters. The topological polar surface area (TPSA) is 73.9 Å². The number of carbonyl (C=O) groups excluding carboxylic acids is 2. The molecule has 1 atom stereocenters. The van der Waals surface area contributed by atoms with E-state index < -0.39 is 6.04 Å². The number of piperazine rings is 1. The van der Waals surface area contributed by atoms with Gasteiger partial charge in [-0.3, -0.25) is 19.4 Å². The third-order valence-corrected chi connectivity index (χ3v) is 4.59. The van der Waals surface area contributed by atoms with Crippen LogP contribution in [-0.4, -0.2) is 74.0 Å². The van der Waals surface area contributed by atoms with Crippen molar-refractivity contribution in [1.82, 2.24) is 20.4 Å². The van der Waals surface area contributed by atoms with Crippen molar-refractivity contribution < 1.29 is 18.7 Å². The first-order valence-electron chi connectivity index (χ1n) is 9.27. The van der Waals surface area contributed by atoms with Crippen molar-refractivity contribution in [2.75, 3.05) is 46.4 Å². The highest BCUT2D eigenvalue weighted by Crippen LogP contribution is 2.21. The van der Waals surface area contributed by atoms with Gasteiger partial charge in [0.1, 0.15) is 17.6 Å². The van der Waals surface area contributed by atoms with Crippen LogP contribution in [-0.2, 0) is 16.1 Å². The molecule has 1 aliphatic rings. The lowest BCUT2D eigenvalue weighted by Crippen LogP contribution is -2.51. The van der Waals surface area contributed by atoms with E-state index in [1.165, 1.54) is 12.1 Å². The van der Waals surface area contributed by atoms with E-state index in [1.807, 2.05) is 6.92 Å². The van der Waals surface area contributed by atoms with Crippen molar-refractivity contribution in [3.8, 4) is 5.75 Å². The Morgan fingerprint density at radius 2 is 1.89 bits per heavy atom. The Bertz CT molecular complexity index is 648. The number of hydrogen-bond acceptors (Lipinski definition) is 5. The summed E-state index contributed by atoms with van der Waals surface area (Å²) in [6.45, 7) is 7.95. The zero-order chi connectivity index (χ0) is 19.8. The van der Waals surface area contributed by atoms with Gasteiger partial charge in [0.15, 0.2) is 0 Å². The minimum absolute atomic E-state index is 0.158. The molecule has 0 aromatic heterocycles. The first-order chi connectivity index (χ1) is 12.9. The second kappa shape index (κ2) is 10.2. The molecule has 1 heterocycles. The fraction of sp³-hybridized carbons (Fsp3) is 0.579. The number of carbonyl (C=O) groups is 2. The van der Waals surface area contributed by atoms with Gasteiger partial charge in [-0.25, -0.2) is 4.39 Å². The Morgan fingerprint density at radius 1 is 1.22 bits per heavy atom. The molecule has 27 heavy (non-hydrogen) atoms. The van der Waals surface area contributed by atoms with Gasteiger partial charge in [0.25, 0.3) is 0 Å². The Labute approximate surface area is 159 Å². The molecular weight excluding hydrogens is 351 g/mol. The lowest BCUT2D eigenvalue weighted by molar-refractivity contribution is -0.129. The highest BCUT2D eigenvalue weighted by molar-refractivity contribution is 5.87. The predicted molar refractivity (Wildman–Crippen MR) is 101 cm³/mol. The molecule has 8 heteroatoms. The van der Waals surface area contributed by atoms with E-state index in [1.54, 1.807) is 20.1 Å². The molecule has 0 aliphatic carbocycles. The Kier molecular flexibility index (Phi) is 7.99.